The fraction of sp³-hybridized carbons (Fsp3) is 0.611. The Morgan fingerprint density at radius 2 is 2.17 bits per heavy atom. The molecule has 0 saturated carbocycles. The molecule has 1 amide bonds. The van der Waals surface area contributed by atoms with Gasteiger partial charge in [-0.05, 0) is 51.4 Å². The number of carbonyl (C=O) groups is 1. The van der Waals surface area contributed by atoms with E-state index < -0.39 is 0 Å². The van der Waals surface area contributed by atoms with E-state index in [1.54, 1.807) is 18.2 Å². The highest BCUT2D eigenvalue weighted by Crippen LogP contribution is 2.27. The zero-order chi connectivity index (χ0) is 17.7. The summed E-state index contributed by atoms with van der Waals surface area (Å²) in [5.74, 6) is 0.786. The molecule has 1 aliphatic heterocycles. The van der Waals surface area contributed by atoms with Gasteiger partial charge in [-0.15, -0.1) is 0 Å². The number of benzene rings is 1. The molecule has 4 nitrogen and oxygen atoms in total. The van der Waals surface area contributed by atoms with Crippen LogP contribution in [0.15, 0.2) is 18.2 Å². The van der Waals surface area contributed by atoms with Crippen molar-refractivity contribution in [3.63, 3.8) is 0 Å². The lowest BCUT2D eigenvalue weighted by Gasteiger charge is -2.39. The number of amides is 1. The van der Waals surface area contributed by atoms with E-state index in [0.29, 0.717) is 47.3 Å². The predicted molar refractivity (Wildman–Crippen MR) is 99.1 cm³/mol. The zero-order valence-electron chi connectivity index (χ0n) is 14.6. The highest BCUT2D eigenvalue weighted by molar-refractivity contribution is 6.35. The van der Waals surface area contributed by atoms with Gasteiger partial charge in [0.15, 0.2) is 0 Å². The Morgan fingerprint density at radius 1 is 1.42 bits per heavy atom. The third kappa shape index (κ3) is 5.27. The zero-order valence-corrected chi connectivity index (χ0v) is 16.1. The Labute approximate surface area is 154 Å². The molecule has 1 fully saturated rings. The molecule has 1 aliphatic rings. The quantitative estimate of drug-likeness (QED) is 0.704. The minimum Gasteiger partial charge on any atom is -0.492 e. The molecule has 134 valence electrons. The molecule has 0 aromatic heterocycles. The van der Waals surface area contributed by atoms with Gasteiger partial charge in [-0.3, -0.25) is 4.79 Å². The fourth-order valence-corrected chi connectivity index (χ4v) is 3.46. The van der Waals surface area contributed by atoms with Crippen LogP contribution in [0.25, 0.3) is 0 Å². The summed E-state index contributed by atoms with van der Waals surface area (Å²) in [6, 6.07) is 6.00. The molecular formula is C18H26Cl2N2O2. The van der Waals surface area contributed by atoms with Crippen LogP contribution in [0.5, 0.6) is 5.75 Å². The Morgan fingerprint density at radius 3 is 2.83 bits per heavy atom. The summed E-state index contributed by atoms with van der Waals surface area (Å²) in [6.07, 6.45) is 3.24. The van der Waals surface area contributed by atoms with E-state index in [1.807, 2.05) is 11.9 Å². The number of ether oxygens (including phenoxy) is 1. The lowest BCUT2D eigenvalue weighted by Crippen LogP contribution is -2.48. The summed E-state index contributed by atoms with van der Waals surface area (Å²) in [4.78, 5) is 16.6. The van der Waals surface area contributed by atoms with Gasteiger partial charge in [0.05, 0.1) is 11.6 Å². The molecule has 1 aromatic rings. The molecule has 24 heavy (non-hydrogen) atoms. The van der Waals surface area contributed by atoms with Crippen LogP contribution >= 0.6 is 23.2 Å². The Kier molecular flexibility index (Phi) is 7.20. The van der Waals surface area contributed by atoms with Gasteiger partial charge < -0.3 is 14.5 Å². The monoisotopic (exact) mass is 372 g/mol. The van der Waals surface area contributed by atoms with E-state index in [1.165, 1.54) is 0 Å². The van der Waals surface area contributed by atoms with E-state index in [2.05, 4.69) is 18.9 Å². The average Bonchev–Trinajstić information content (AvgIpc) is 2.54. The van der Waals surface area contributed by atoms with Crippen LogP contribution in [0.4, 0.5) is 0 Å². The molecule has 1 aromatic carbocycles. The van der Waals surface area contributed by atoms with Gasteiger partial charge in [-0.25, -0.2) is 0 Å². The van der Waals surface area contributed by atoms with E-state index in [0.717, 1.165) is 19.4 Å². The van der Waals surface area contributed by atoms with Crippen molar-refractivity contribution < 1.29 is 9.53 Å². The Balaban J connectivity index is 1.72. The van der Waals surface area contributed by atoms with Crippen molar-refractivity contribution in [3.05, 3.63) is 28.2 Å². The van der Waals surface area contributed by atoms with Crippen LogP contribution in [0.2, 0.25) is 10.0 Å². The van der Waals surface area contributed by atoms with Crippen molar-refractivity contribution in [1.29, 1.82) is 0 Å². The van der Waals surface area contributed by atoms with Gasteiger partial charge in [-0.2, -0.15) is 0 Å². The molecule has 6 heteroatoms. The first-order chi connectivity index (χ1) is 11.4. The summed E-state index contributed by atoms with van der Waals surface area (Å²) in [5, 5.41) is 1.07. The van der Waals surface area contributed by atoms with Crippen LogP contribution in [0.3, 0.4) is 0 Å². The van der Waals surface area contributed by atoms with E-state index in [9.17, 15) is 4.79 Å². The number of hydrogen-bond acceptors (Lipinski definition) is 3. The molecule has 2 unspecified atom stereocenters. The molecule has 0 spiro atoms. The van der Waals surface area contributed by atoms with Crippen molar-refractivity contribution in [2.24, 2.45) is 0 Å². The molecule has 1 heterocycles. The lowest BCUT2D eigenvalue weighted by molar-refractivity contribution is -0.133. The fourth-order valence-electron chi connectivity index (χ4n) is 2.99. The van der Waals surface area contributed by atoms with Gasteiger partial charge in [0, 0.05) is 37.1 Å². The topological polar surface area (TPSA) is 32.8 Å². The third-order valence-electron chi connectivity index (χ3n) is 4.81. The second-order valence-corrected chi connectivity index (χ2v) is 7.38. The Bertz CT molecular complexity index is 568. The lowest BCUT2D eigenvalue weighted by atomic mass is 9.97. The molecule has 1 saturated heterocycles. The number of piperidine rings is 1. The van der Waals surface area contributed by atoms with Gasteiger partial charge in [0.25, 0.3) is 0 Å². The smallest absolute Gasteiger partial charge is 0.222 e. The van der Waals surface area contributed by atoms with Crippen molar-refractivity contribution in [1.82, 2.24) is 9.80 Å². The summed E-state index contributed by atoms with van der Waals surface area (Å²) < 4.78 is 5.63. The normalized spacial score (nSPS) is 21.5. The summed E-state index contributed by atoms with van der Waals surface area (Å²) in [5.41, 5.74) is 0. The first-order valence-corrected chi connectivity index (χ1v) is 9.18. The first kappa shape index (κ1) is 19.4. The molecule has 2 rings (SSSR count). The second kappa shape index (κ2) is 8.93. The summed E-state index contributed by atoms with van der Waals surface area (Å²) >= 11 is 11.9. The van der Waals surface area contributed by atoms with Gasteiger partial charge in [0.1, 0.15) is 5.75 Å². The largest absolute Gasteiger partial charge is 0.492 e. The number of rotatable bonds is 6. The molecular weight excluding hydrogens is 347 g/mol. The highest BCUT2D eigenvalue weighted by Gasteiger charge is 2.27. The SMILES string of the molecule is CC1CC(N(C)C(=O)CCCOc2ccc(Cl)cc2Cl)CCN1C. The maximum absolute atomic E-state index is 12.4. The number of hydrogen-bond donors (Lipinski definition) is 0. The van der Waals surface area contributed by atoms with Crippen molar-refractivity contribution in [3.8, 4) is 5.75 Å². The Hall–Kier alpha value is -0.970. The third-order valence-corrected chi connectivity index (χ3v) is 5.34. The van der Waals surface area contributed by atoms with Crippen molar-refractivity contribution in [2.75, 3.05) is 27.2 Å². The average molecular weight is 373 g/mol. The maximum atomic E-state index is 12.4. The maximum Gasteiger partial charge on any atom is 0.222 e. The first-order valence-electron chi connectivity index (χ1n) is 8.42. The summed E-state index contributed by atoms with van der Waals surface area (Å²) in [6.45, 7) is 3.72. The highest BCUT2D eigenvalue weighted by atomic mass is 35.5. The van der Waals surface area contributed by atoms with Crippen LogP contribution in [-0.2, 0) is 4.79 Å². The van der Waals surface area contributed by atoms with E-state index in [4.69, 9.17) is 27.9 Å². The molecule has 0 radical (unpaired) electrons. The summed E-state index contributed by atoms with van der Waals surface area (Å²) in [7, 11) is 4.06. The molecule has 0 aliphatic carbocycles. The van der Waals surface area contributed by atoms with E-state index in [-0.39, 0.29) is 5.91 Å². The van der Waals surface area contributed by atoms with Crippen LogP contribution in [0.1, 0.15) is 32.6 Å². The van der Waals surface area contributed by atoms with Crippen LogP contribution < -0.4 is 4.74 Å². The predicted octanol–water partition coefficient (Wildman–Crippen LogP) is 4.09. The number of halogens is 2. The second-order valence-electron chi connectivity index (χ2n) is 6.54. The van der Waals surface area contributed by atoms with Gasteiger partial charge in [-0.1, -0.05) is 23.2 Å². The number of likely N-dealkylation sites (tertiary alicyclic amines) is 1. The molecule has 0 bridgehead atoms. The molecule has 0 N–H and O–H groups in total. The van der Waals surface area contributed by atoms with Gasteiger partial charge in [0.2, 0.25) is 5.91 Å². The minimum atomic E-state index is 0.183. The van der Waals surface area contributed by atoms with Gasteiger partial charge >= 0.3 is 0 Å². The number of carbonyl (C=O) groups excluding carboxylic acids is 1. The number of nitrogens with zero attached hydrogens (tertiary/aromatic N) is 2. The van der Waals surface area contributed by atoms with Crippen LogP contribution in [0, 0.1) is 0 Å². The van der Waals surface area contributed by atoms with Crippen LogP contribution in [-0.4, -0.2) is 55.0 Å². The van der Waals surface area contributed by atoms with E-state index >= 15 is 0 Å². The molecule has 2 atom stereocenters. The van der Waals surface area contributed by atoms with Crippen molar-refractivity contribution in [2.45, 2.75) is 44.7 Å². The standard InChI is InChI=1S/C18H26Cl2N2O2/c1-13-11-15(8-9-21(13)2)22(3)18(23)5-4-10-24-17-7-6-14(19)12-16(17)20/h6-7,12-13,15H,4-5,8-11H2,1-3H3. The van der Waals surface area contributed by atoms with Crippen molar-refractivity contribution >= 4 is 29.1 Å². The minimum absolute atomic E-state index is 0.183.